The highest BCUT2D eigenvalue weighted by Crippen LogP contribution is 2.29. The molecule has 0 unspecified atom stereocenters. The number of aromatic nitrogens is 1. The van der Waals surface area contributed by atoms with Gasteiger partial charge in [0.05, 0.1) is 16.9 Å². The van der Waals surface area contributed by atoms with E-state index in [0.717, 1.165) is 5.39 Å². The molecule has 0 amide bonds. The van der Waals surface area contributed by atoms with Crippen molar-refractivity contribution in [2.75, 3.05) is 17.6 Å². The maximum atomic E-state index is 11.3. The number of hydrogen-bond donors (Lipinski definition) is 3. The molecule has 19 heavy (non-hydrogen) atoms. The molecular formula is C14H17N3O2. The summed E-state index contributed by atoms with van der Waals surface area (Å²) in [5, 5.41) is 13.2. The standard InChI is InChI=1S/C14H17N3O2/c1-8(2)6-16-12-9-4-3-5-11(15)13(9)17-7-10(12)14(18)19/h3-5,7-8H,6,15H2,1-2H3,(H,16,17)(H,18,19). The molecule has 0 aliphatic heterocycles. The lowest BCUT2D eigenvalue weighted by Crippen LogP contribution is -2.13. The molecule has 1 heterocycles. The van der Waals surface area contributed by atoms with E-state index in [1.165, 1.54) is 6.20 Å². The lowest BCUT2D eigenvalue weighted by atomic mass is 10.1. The number of carbonyl (C=O) groups is 1. The van der Waals surface area contributed by atoms with E-state index in [0.29, 0.717) is 29.4 Å². The van der Waals surface area contributed by atoms with Crippen LogP contribution in [-0.4, -0.2) is 22.6 Å². The molecular weight excluding hydrogens is 242 g/mol. The minimum atomic E-state index is -0.997. The number of anilines is 2. The SMILES string of the molecule is CC(C)CNc1c(C(=O)O)cnc2c(N)cccc12. The van der Waals surface area contributed by atoms with Crippen molar-refractivity contribution in [1.29, 1.82) is 0 Å². The molecule has 5 heteroatoms. The molecule has 4 N–H and O–H groups in total. The van der Waals surface area contributed by atoms with Crippen LogP contribution >= 0.6 is 0 Å². The largest absolute Gasteiger partial charge is 0.478 e. The summed E-state index contributed by atoms with van der Waals surface area (Å²) in [5.41, 5.74) is 7.78. The van der Waals surface area contributed by atoms with Gasteiger partial charge in [-0.25, -0.2) is 4.79 Å². The molecule has 0 radical (unpaired) electrons. The van der Waals surface area contributed by atoms with Gasteiger partial charge in [0.2, 0.25) is 0 Å². The van der Waals surface area contributed by atoms with Crippen molar-refractivity contribution in [3.05, 3.63) is 30.0 Å². The number of rotatable bonds is 4. The molecule has 0 saturated carbocycles. The Labute approximate surface area is 111 Å². The number of pyridine rings is 1. The predicted molar refractivity (Wildman–Crippen MR) is 76.4 cm³/mol. The molecule has 100 valence electrons. The Kier molecular flexibility index (Phi) is 3.55. The van der Waals surface area contributed by atoms with Crippen molar-refractivity contribution < 1.29 is 9.90 Å². The third-order valence-electron chi connectivity index (χ3n) is 2.85. The first kappa shape index (κ1) is 13.1. The second-order valence-corrected chi connectivity index (χ2v) is 4.87. The fourth-order valence-corrected chi connectivity index (χ4v) is 1.90. The van der Waals surface area contributed by atoms with Crippen LogP contribution in [-0.2, 0) is 0 Å². The van der Waals surface area contributed by atoms with Crippen LogP contribution < -0.4 is 11.1 Å². The zero-order valence-corrected chi connectivity index (χ0v) is 11.0. The normalized spacial score (nSPS) is 10.9. The first-order valence-corrected chi connectivity index (χ1v) is 6.15. The summed E-state index contributed by atoms with van der Waals surface area (Å²) in [7, 11) is 0. The summed E-state index contributed by atoms with van der Waals surface area (Å²) in [6.07, 6.45) is 1.35. The molecule has 0 saturated heterocycles. The maximum Gasteiger partial charge on any atom is 0.339 e. The molecule has 2 aromatic rings. The lowest BCUT2D eigenvalue weighted by molar-refractivity contribution is 0.0697. The first-order chi connectivity index (χ1) is 9.00. The monoisotopic (exact) mass is 259 g/mol. The van der Waals surface area contributed by atoms with Gasteiger partial charge in [-0.1, -0.05) is 26.0 Å². The van der Waals surface area contributed by atoms with E-state index in [-0.39, 0.29) is 5.56 Å². The fourth-order valence-electron chi connectivity index (χ4n) is 1.90. The van der Waals surface area contributed by atoms with Gasteiger partial charge < -0.3 is 16.2 Å². The number of aromatic carboxylic acids is 1. The Morgan fingerprint density at radius 1 is 1.47 bits per heavy atom. The van der Waals surface area contributed by atoms with Crippen molar-refractivity contribution in [3.8, 4) is 0 Å². The van der Waals surface area contributed by atoms with Crippen LogP contribution in [0.3, 0.4) is 0 Å². The van der Waals surface area contributed by atoms with Gasteiger partial charge in [-0.2, -0.15) is 0 Å². The highest BCUT2D eigenvalue weighted by Gasteiger charge is 2.15. The molecule has 0 bridgehead atoms. The van der Waals surface area contributed by atoms with Gasteiger partial charge in [-0.15, -0.1) is 0 Å². The summed E-state index contributed by atoms with van der Waals surface area (Å²) in [5.74, 6) is -0.589. The topological polar surface area (TPSA) is 88.2 Å². The van der Waals surface area contributed by atoms with Crippen molar-refractivity contribution in [1.82, 2.24) is 4.98 Å². The zero-order chi connectivity index (χ0) is 14.0. The minimum absolute atomic E-state index is 0.166. The van der Waals surface area contributed by atoms with E-state index in [2.05, 4.69) is 24.1 Å². The van der Waals surface area contributed by atoms with Gasteiger partial charge in [-0.3, -0.25) is 4.98 Å². The van der Waals surface area contributed by atoms with Crippen LogP contribution in [0.2, 0.25) is 0 Å². The highest BCUT2D eigenvalue weighted by atomic mass is 16.4. The highest BCUT2D eigenvalue weighted by molar-refractivity contribution is 6.06. The summed E-state index contributed by atoms with van der Waals surface area (Å²) < 4.78 is 0. The van der Waals surface area contributed by atoms with E-state index < -0.39 is 5.97 Å². The average Bonchev–Trinajstić information content (AvgIpc) is 2.35. The first-order valence-electron chi connectivity index (χ1n) is 6.15. The summed E-state index contributed by atoms with van der Waals surface area (Å²) in [6, 6.07) is 5.38. The van der Waals surface area contributed by atoms with Gasteiger partial charge in [0.15, 0.2) is 0 Å². The number of para-hydroxylation sites is 1. The van der Waals surface area contributed by atoms with Gasteiger partial charge in [0, 0.05) is 18.1 Å². The average molecular weight is 259 g/mol. The van der Waals surface area contributed by atoms with E-state index in [4.69, 9.17) is 5.73 Å². The molecule has 0 fully saturated rings. The summed E-state index contributed by atoms with van der Waals surface area (Å²) >= 11 is 0. The molecule has 0 atom stereocenters. The molecule has 1 aromatic heterocycles. The van der Waals surface area contributed by atoms with E-state index in [1.54, 1.807) is 12.1 Å². The number of nitrogens with two attached hydrogens (primary N) is 1. The quantitative estimate of drug-likeness (QED) is 0.734. The van der Waals surface area contributed by atoms with Gasteiger partial charge in [-0.05, 0) is 12.0 Å². The second-order valence-electron chi connectivity index (χ2n) is 4.87. The van der Waals surface area contributed by atoms with Crippen LogP contribution in [0, 0.1) is 5.92 Å². The number of carboxylic acids is 1. The second kappa shape index (κ2) is 5.14. The Hall–Kier alpha value is -2.30. The molecule has 0 aliphatic rings. The molecule has 0 aliphatic carbocycles. The van der Waals surface area contributed by atoms with Crippen LogP contribution in [0.4, 0.5) is 11.4 Å². The summed E-state index contributed by atoms with van der Waals surface area (Å²) in [6.45, 7) is 4.81. The predicted octanol–water partition coefficient (Wildman–Crippen LogP) is 2.58. The Morgan fingerprint density at radius 2 is 2.21 bits per heavy atom. The molecule has 2 rings (SSSR count). The van der Waals surface area contributed by atoms with Crippen molar-refractivity contribution >= 4 is 28.2 Å². The van der Waals surface area contributed by atoms with Crippen LogP contribution in [0.5, 0.6) is 0 Å². The third kappa shape index (κ3) is 2.59. The van der Waals surface area contributed by atoms with Crippen LogP contribution in [0.15, 0.2) is 24.4 Å². The molecule has 0 spiro atoms. The minimum Gasteiger partial charge on any atom is -0.478 e. The van der Waals surface area contributed by atoms with Crippen LogP contribution in [0.1, 0.15) is 24.2 Å². The van der Waals surface area contributed by atoms with Gasteiger partial charge in [0.1, 0.15) is 5.56 Å². The van der Waals surface area contributed by atoms with E-state index in [9.17, 15) is 9.90 Å². The number of hydrogen-bond acceptors (Lipinski definition) is 4. The van der Waals surface area contributed by atoms with E-state index >= 15 is 0 Å². The number of benzene rings is 1. The zero-order valence-electron chi connectivity index (χ0n) is 11.0. The Balaban J connectivity index is 2.62. The maximum absolute atomic E-state index is 11.3. The summed E-state index contributed by atoms with van der Waals surface area (Å²) in [4.78, 5) is 15.4. The van der Waals surface area contributed by atoms with Crippen molar-refractivity contribution in [2.24, 2.45) is 5.92 Å². The number of nitrogens with zero attached hydrogens (tertiary/aromatic N) is 1. The molecule has 1 aromatic carbocycles. The Morgan fingerprint density at radius 3 is 2.84 bits per heavy atom. The lowest BCUT2D eigenvalue weighted by Gasteiger charge is -2.14. The van der Waals surface area contributed by atoms with E-state index in [1.807, 2.05) is 6.07 Å². The fraction of sp³-hybridized carbons (Fsp3) is 0.286. The van der Waals surface area contributed by atoms with Crippen molar-refractivity contribution in [2.45, 2.75) is 13.8 Å². The van der Waals surface area contributed by atoms with Gasteiger partial charge >= 0.3 is 5.97 Å². The van der Waals surface area contributed by atoms with Crippen molar-refractivity contribution in [3.63, 3.8) is 0 Å². The van der Waals surface area contributed by atoms with Gasteiger partial charge in [0.25, 0.3) is 0 Å². The van der Waals surface area contributed by atoms with Crippen LogP contribution in [0.25, 0.3) is 10.9 Å². The number of nitrogen functional groups attached to an aromatic ring is 1. The smallest absolute Gasteiger partial charge is 0.339 e. The molecule has 5 nitrogen and oxygen atoms in total. The number of fused-ring (bicyclic) bond motifs is 1. The third-order valence-corrected chi connectivity index (χ3v) is 2.85. The number of carboxylic acid groups (broad SMARTS) is 1. The Bertz CT molecular complexity index is 623. The number of nitrogens with one attached hydrogen (secondary N) is 1.